The molecule has 2 heterocycles. The highest BCUT2D eigenvalue weighted by Gasteiger charge is 2.18. The van der Waals surface area contributed by atoms with Crippen molar-refractivity contribution in [3.05, 3.63) is 20.8 Å². The van der Waals surface area contributed by atoms with E-state index < -0.39 is 0 Å². The third kappa shape index (κ3) is 1.64. The second-order valence-corrected chi connectivity index (χ2v) is 4.89. The molecule has 0 aromatic carbocycles. The lowest BCUT2D eigenvalue weighted by molar-refractivity contribution is 0.117. The van der Waals surface area contributed by atoms with E-state index in [0.717, 1.165) is 6.54 Å². The highest BCUT2D eigenvalue weighted by atomic mass is 79.9. The van der Waals surface area contributed by atoms with Crippen LogP contribution in [0, 0.1) is 0 Å². The molecular weight excluding hydrogens is 226 g/mol. The van der Waals surface area contributed by atoms with E-state index in [0.29, 0.717) is 6.73 Å². The van der Waals surface area contributed by atoms with E-state index in [1.165, 1.54) is 8.66 Å². The van der Waals surface area contributed by atoms with Crippen molar-refractivity contribution in [2.24, 2.45) is 0 Å². The van der Waals surface area contributed by atoms with E-state index in [-0.39, 0.29) is 6.10 Å². The normalized spacial score (nSPS) is 24.3. The number of ether oxygens (including phenoxy) is 1. The molecule has 11 heavy (non-hydrogen) atoms. The maximum atomic E-state index is 5.43. The van der Waals surface area contributed by atoms with Crippen molar-refractivity contribution in [1.82, 2.24) is 5.32 Å². The summed E-state index contributed by atoms with van der Waals surface area (Å²) < 4.78 is 6.60. The van der Waals surface area contributed by atoms with Gasteiger partial charge in [0.15, 0.2) is 0 Å². The van der Waals surface area contributed by atoms with E-state index in [9.17, 15) is 0 Å². The summed E-state index contributed by atoms with van der Waals surface area (Å²) in [5, 5.41) is 3.15. The van der Waals surface area contributed by atoms with Crippen molar-refractivity contribution in [2.45, 2.75) is 6.10 Å². The average Bonchev–Trinajstić information content (AvgIpc) is 2.55. The van der Waals surface area contributed by atoms with Gasteiger partial charge in [-0.2, -0.15) is 0 Å². The minimum Gasteiger partial charge on any atom is -0.356 e. The molecule has 1 atom stereocenters. The second-order valence-electron chi connectivity index (χ2n) is 2.40. The van der Waals surface area contributed by atoms with Gasteiger partial charge in [-0.05, 0) is 28.1 Å². The van der Waals surface area contributed by atoms with Crippen LogP contribution < -0.4 is 5.32 Å². The monoisotopic (exact) mass is 233 g/mol. The predicted molar refractivity (Wildman–Crippen MR) is 48.7 cm³/mol. The smallest absolute Gasteiger partial charge is 0.106 e. The minimum atomic E-state index is 0.270. The first-order valence-corrected chi connectivity index (χ1v) is 5.05. The second kappa shape index (κ2) is 3.23. The fourth-order valence-corrected chi connectivity index (χ4v) is 2.57. The van der Waals surface area contributed by atoms with Crippen molar-refractivity contribution in [3.63, 3.8) is 0 Å². The summed E-state index contributed by atoms with van der Waals surface area (Å²) in [6, 6.07) is 4.16. The lowest BCUT2D eigenvalue weighted by Crippen LogP contribution is -2.07. The quantitative estimate of drug-likeness (QED) is 0.803. The maximum absolute atomic E-state index is 5.43. The molecule has 2 rings (SSSR count). The van der Waals surface area contributed by atoms with Crippen LogP contribution in [0.25, 0.3) is 0 Å². The predicted octanol–water partition coefficient (Wildman–Crippen LogP) is 2.13. The summed E-state index contributed by atoms with van der Waals surface area (Å²) in [7, 11) is 0. The lowest BCUT2D eigenvalue weighted by atomic mass is 10.3. The molecule has 0 aliphatic carbocycles. The van der Waals surface area contributed by atoms with Gasteiger partial charge in [0, 0.05) is 11.4 Å². The summed E-state index contributed by atoms with van der Waals surface area (Å²) in [6.45, 7) is 1.62. The molecule has 0 spiro atoms. The highest BCUT2D eigenvalue weighted by Crippen LogP contribution is 2.30. The van der Waals surface area contributed by atoms with Crippen molar-refractivity contribution in [1.29, 1.82) is 0 Å². The molecule has 0 saturated carbocycles. The largest absolute Gasteiger partial charge is 0.356 e. The van der Waals surface area contributed by atoms with Crippen LogP contribution in [0.4, 0.5) is 0 Å². The van der Waals surface area contributed by atoms with Crippen molar-refractivity contribution in [3.8, 4) is 0 Å². The van der Waals surface area contributed by atoms with E-state index in [1.54, 1.807) is 11.3 Å². The Hall–Kier alpha value is 0.1000. The molecule has 1 aliphatic heterocycles. The minimum absolute atomic E-state index is 0.270. The van der Waals surface area contributed by atoms with Gasteiger partial charge in [-0.1, -0.05) is 0 Å². The molecule has 4 heteroatoms. The Bertz CT molecular complexity index is 244. The molecular formula is C7H8BrNOS. The Balaban J connectivity index is 2.15. The molecule has 0 radical (unpaired) electrons. The first-order chi connectivity index (χ1) is 5.36. The van der Waals surface area contributed by atoms with Crippen molar-refractivity contribution >= 4 is 27.3 Å². The zero-order valence-corrected chi connectivity index (χ0v) is 8.24. The summed E-state index contributed by atoms with van der Waals surface area (Å²) >= 11 is 5.16. The molecule has 1 aliphatic rings. The first-order valence-electron chi connectivity index (χ1n) is 3.44. The average molecular weight is 234 g/mol. The van der Waals surface area contributed by atoms with Gasteiger partial charge in [-0.3, -0.25) is 5.32 Å². The summed E-state index contributed by atoms with van der Waals surface area (Å²) in [5.74, 6) is 0. The Kier molecular flexibility index (Phi) is 2.27. The van der Waals surface area contributed by atoms with Gasteiger partial charge in [0.1, 0.15) is 6.10 Å². The van der Waals surface area contributed by atoms with Crippen LogP contribution in [-0.2, 0) is 4.74 Å². The van der Waals surface area contributed by atoms with Gasteiger partial charge in [0.25, 0.3) is 0 Å². The Labute approximate surface area is 77.7 Å². The Morgan fingerprint density at radius 3 is 3.09 bits per heavy atom. The zero-order valence-electron chi connectivity index (χ0n) is 5.84. The van der Waals surface area contributed by atoms with Crippen molar-refractivity contribution in [2.75, 3.05) is 13.3 Å². The molecule has 60 valence electrons. The molecule has 2 nitrogen and oxygen atoms in total. The van der Waals surface area contributed by atoms with Crippen LogP contribution in [0.15, 0.2) is 15.9 Å². The van der Waals surface area contributed by atoms with E-state index in [4.69, 9.17) is 4.74 Å². The van der Waals surface area contributed by atoms with Crippen LogP contribution in [0.3, 0.4) is 0 Å². The molecule has 1 fully saturated rings. The van der Waals surface area contributed by atoms with Gasteiger partial charge < -0.3 is 4.74 Å². The molecule has 0 amide bonds. The number of hydrogen-bond donors (Lipinski definition) is 1. The zero-order chi connectivity index (χ0) is 7.68. The molecule has 1 unspecified atom stereocenters. The highest BCUT2D eigenvalue weighted by molar-refractivity contribution is 9.11. The molecule has 0 bridgehead atoms. The first kappa shape index (κ1) is 7.73. The van der Waals surface area contributed by atoms with Gasteiger partial charge in [0.05, 0.1) is 10.5 Å². The maximum Gasteiger partial charge on any atom is 0.106 e. The van der Waals surface area contributed by atoms with Gasteiger partial charge >= 0.3 is 0 Å². The van der Waals surface area contributed by atoms with Crippen LogP contribution in [0.1, 0.15) is 11.0 Å². The lowest BCUT2D eigenvalue weighted by Gasteiger charge is -2.02. The summed E-state index contributed by atoms with van der Waals surface area (Å²) in [4.78, 5) is 1.29. The van der Waals surface area contributed by atoms with E-state index in [2.05, 4.69) is 33.4 Å². The van der Waals surface area contributed by atoms with Crippen LogP contribution in [0.2, 0.25) is 0 Å². The topological polar surface area (TPSA) is 21.3 Å². The molecule has 1 aromatic heterocycles. The Morgan fingerprint density at radius 2 is 2.55 bits per heavy atom. The number of nitrogens with one attached hydrogen (secondary N) is 1. The van der Waals surface area contributed by atoms with E-state index >= 15 is 0 Å². The standard InChI is InChI=1S/C7H8BrNOS/c8-7-2-1-6(11-7)5-3-9-4-10-5/h1-2,5,9H,3-4H2. The summed E-state index contributed by atoms with van der Waals surface area (Å²) in [5.41, 5.74) is 0. The fraction of sp³-hybridized carbons (Fsp3) is 0.429. The fourth-order valence-electron chi connectivity index (χ4n) is 1.09. The summed E-state index contributed by atoms with van der Waals surface area (Å²) in [6.07, 6.45) is 0.270. The van der Waals surface area contributed by atoms with Crippen LogP contribution >= 0.6 is 27.3 Å². The Morgan fingerprint density at radius 1 is 1.64 bits per heavy atom. The van der Waals surface area contributed by atoms with Gasteiger partial charge in [-0.25, -0.2) is 0 Å². The van der Waals surface area contributed by atoms with Gasteiger partial charge in [-0.15, -0.1) is 11.3 Å². The third-order valence-electron chi connectivity index (χ3n) is 1.63. The van der Waals surface area contributed by atoms with Gasteiger partial charge in [0.2, 0.25) is 0 Å². The van der Waals surface area contributed by atoms with Crippen LogP contribution in [0.5, 0.6) is 0 Å². The molecule has 1 N–H and O–H groups in total. The molecule has 1 saturated heterocycles. The number of rotatable bonds is 1. The van der Waals surface area contributed by atoms with Crippen LogP contribution in [-0.4, -0.2) is 13.3 Å². The van der Waals surface area contributed by atoms with Crippen molar-refractivity contribution < 1.29 is 4.74 Å². The van der Waals surface area contributed by atoms with E-state index in [1.807, 2.05) is 0 Å². The molecule has 1 aromatic rings. The third-order valence-corrected chi connectivity index (χ3v) is 3.34. The number of halogens is 1. The SMILES string of the molecule is Brc1ccc(C2CNCO2)s1. The number of thiophene rings is 1. The number of hydrogen-bond acceptors (Lipinski definition) is 3.